The Kier molecular flexibility index (Phi) is 20.3. The van der Waals surface area contributed by atoms with Crippen molar-refractivity contribution < 1.29 is 37.9 Å². The van der Waals surface area contributed by atoms with Crippen molar-refractivity contribution in [3.8, 4) is 0 Å². The van der Waals surface area contributed by atoms with Crippen LogP contribution in [0, 0.1) is 0 Å². The van der Waals surface area contributed by atoms with Crippen LogP contribution in [0.5, 0.6) is 0 Å². The number of carbonyl (C=O) groups excluding carboxylic acids is 1. The number of carboxylic acid groups (broad SMARTS) is 1. The number of rotatable bonds is 23. The van der Waals surface area contributed by atoms with Crippen molar-refractivity contribution in [3.05, 3.63) is 12.2 Å². The average molecular weight is 508 g/mol. The van der Waals surface area contributed by atoms with Gasteiger partial charge >= 0.3 is 19.8 Å². The van der Waals surface area contributed by atoms with Crippen molar-refractivity contribution in [2.75, 3.05) is 13.2 Å². The topological polar surface area (TPSA) is 145 Å². The first kappa shape index (κ1) is 32.8. The second-order valence-electron chi connectivity index (χ2n) is 8.64. The fourth-order valence-corrected chi connectivity index (χ4v) is 4.08. The van der Waals surface area contributed by atoms with Gasteiger partial charge in [0.2, 0.25) is 0 Å². The molecule has 9 nitrogen and oxygen atoms in total. The van der Waals surface area contributed by atoms with E-state index in [2.05, 4.69) is 23.6 Å². The number of phosphoric acid groups is 1. The SMILES string of the molecule is CCCCCCCC/C=C\CCCCCCCC(=O)OC[C@H](C)OP(=O)(O)OC[C@H](N)C(=O)O. The van der Waals surface area contributed by atoms with E-state index < -0.39 is 38.5 Å². The summed E-state index contributed by atoms with van der Waals surface area (Å²) in [5, 5.41) is 8.63. The molecule has 34 heavy (non-hydrogen) atoms. The summed E-state index contributed by atoms with van der Waals surface area (Å²) >= 11 is 0. The number of unbranched alkanes of at least 4 members (excludes halogenated alkanes) is 11. The number of hydrogen-bond acceptors (Lipinski definition) is 7. The number of carbonyl (C=O) groups is 2. The van der Waals surface area contributed by atoms with Gasteiger partial charge in [0.25, 0.3) is 0 Å². The van der Waals surface area contributed by atoms with Crippen LogP contribution in [0.3, 0.4) is 0 Å². The van der Waals surface area contributed by atoms with Crippen molar-refractivity contribution in [2.24, 2.45) is 5.73 Å². The Morgan fingerprint density at radius 2 is 1.44 bits per heavy atom. The molecule has 0 fully saturated rings. The van der Waals surface area contributed by atoms with Crippen molar-refractivity contribution in [3.63, 3.8) is 0 Å². The summed E-state index contributed by atoms with van der Waals surface area (Å²) in [6.07, 6.45) is 19.3. The van der Waals surface area contributed by atoms with Crippen LogP contribution >= 0.6 is 7.82 Å². The van der Waals surface area contributed by atoms with Crippen molar-refractivity contribution in [1.82, 2.24) is 0 Å². The molecule has 0 spiro atoms. The normalized spacial score (nSPS) is 15.2. The zero-order valence-electron chi connectivity index (χ0n) is 21.0. The first-order valence-electron chi connectivity index (χ1n) is 12.6. The highest BCUT2D eigenvalue weighted by Crippen LogP contribution is 2.44. The molecule has 200 valence electrons. The Bertz CT molecular complexity index is 614. The standard InChI is InChI=1S/C24H46NO8P/c1-3-4-5-6-7-8-9-10-11-12-13-14-15-16-17-18-23(26)31-19-21(2)33-34(29,30)32-20-22(25)24(27)28/h10-11,21-22H,3-9,12-20,25H2,1-2H3,(H,27,28)(H,29,30)/b11-10-/t21-,22-/m0/s1. The van der Waals surface area contributed by atoms with E-state index in [9.17, 15) is 19.0 Å². The zero-order valence-corrected chi connectivity index (χ0v) is 21.9. The number of allylic oxidation sites excluding steroid dienone is 2. The molecule has 0 radical (unpaired) electrons. The van der Waals surface area contributed by atoms with Crippen LogP contribution in [-0.2, 0) is 27.9 Å². The van der Waals surface area contributed by atoms with Gasteiger partial charge in [-0.05, 0) is 39.0 Å². The predicted molar refractivity (Wildman–Crippen MR) is 132 cm³/mol. The first-order chi connectivity index (χ1) is 16.2. The van der Waals surface area contributed by atoms with Crippen molar-refractivity contribution in [1.29, 1.82) is 0 Å². The Morgan fingerprint density at radius 1 is 0.912 bits per heavy atom. The Morgan fingerprint density at radius 3 is 2.00 bits per heavy atom. The molecule has 1 unspecified atom stereocenters. The molecule has 3 atom stereocenters. The van der Waals surface area contributed by atoms with E-state index in [1.165, 1.54) is 51.9 Å². The summed E-state index contributed by atoms with van der Waals surface area (Å²) in [7, 11) is -4.50. The van der Waals surface area contributed by atoms with Crippen LogP contribution in [0.15, 0.2) is 12.2 Å². The highest BCUT2D eigenvalue weighted by atomic mass is 31.2. The van der Waals surface area contributed by atoms with Crippen LogP contribution < -0.4 is 5.73 Å². The summed E-state index contributed by atoms with van der Waals surface area (Å²) in [6, 6.07) is -1.44. The highest BCUT2D eigenvalue weighted by molar-refractivity contribution is 7.47. The lowest BCUT2D eigenvalue weighted by Gasteiger charge is -2.18. The van der Waals surface area contributed by atoms with Gasteiger partial charge in [-0.25, -0.2) is 4.57 Å². The van der Waals surface area contributed by atoms with Crippen LogP contribution in [0.2, 0.25) is 0 Å². The first-order valence-corrected chi connectivity index (χ1v) is 14.1. The molecule has 0 aliphatic rings. The van der Waals surface area contributed by atoms with Crippen LogP contribution in [-0.4, -0.2) is 47.3 Å². The van der Waals surface area contributed by atoms with Crippen molar-refractivity contribution in [2.45, 2.75) is 116 Å². The van der Waals surface area contributed by atoms with Crippen LogP contribution in [0.4, 0.5) is 0 Å². The molecule has 0 aliphatic carbocycles. The number of esters is 1. The third-order valence-corrected chi connectivity index (χ3v) is 6.27. The maximum absolute atomic E-state index is 11.8. The minimum atomic E-state index is -4.50. The molecule has 0 aromatic rings. The zero-order chi connectivity index (χ0) is 25.7. The molecule has 0 aromatic carbocycles. The maximum atomic E-state index is 11.8. The molecule has 0 aliphatic heterocycles. The molecule has 0 amide bonds. The second-order valence-corrected chi connectivity index (χ2v) is 10.0. The summed E-state index contributed by atoms with van der Waals surface area (Å²) in [4.78, 5) is 31.9. The summed E-state index contributed by atoms with van der Waals surface area (Å²) < 4.78 is 26.1. The van der Waals surface area contributed by atoms with Gasteiger partial charge in [0.1, 0.15) is 18.8 Å². The van der Waals surface area contributed by atoms with E-state index in [1.807, 2.05) is 0 Å². The van der Waals surface area contributed by atoms with Crippen LogP contribution in [0.25, 0.3) is 0 Å². The number of carboxylic acids is 1. The fraction of sp³-hybridized carbons (Fsp3) is 0.833. The third kappa shape index (κ3) is 21.3. The second kappa shape index (κ2) is 21.1. The van der Waals surface area contributed by atoms with Gasteiger partial charge in [-0.15, -0.1) is 0 Å². The van der Waals surface area contributed by atoms with E-state index in [4.69, 9.17) is 20.1 Å². The molecule has 0 saturated heterocycles. The Balaban J connectivity index is 3.64. The molecule has 4 N–H and O–H groups in total. The van der Waals surface area contributed by atoms with Gasteiger partial charge in [0.05, 0.1) is 6.61 Å². The van der Waals surface area contributed by atoms with Gasteiger partial charge in [0.15, 0.2) is 0 Å². The third-order valence-electron chi connectivity index (χ3n) is 5.17. The molecule has 10 heteroatoms. The Hall–Kier alpha value is -1.25. The van der Waals surface area contributed by atoms with E-state index in [1.54, 1.807) is 0 Å². The average Bonchev–Trinajstić information content (AvgIpc) is 2.78. The summed E-state index contributed by atoms with van der Waals surface area (Å²) in [6.45, 7) is 2.80. The number of phosphoric ester groups is 1. The predicted octanol–water partition coefficient (Wildman–Crippen LogP) is 5.50. The molecule has 0 rings (SSSR count). The lowest BCUT2D eigenvalue weighted by molar-refractivity contribution is -0.146. The van der Waals surface area contributed by atoms with E-state index in [0.29, 0.717) is 0 Å². The molecular weight excluding hydrogens is 461 g/mol. The number of hydrogen-bond donors (Lipinski definition) is 3. The van der Waals surface area contributed by atoms with Crippen molar-refractivity contribution >= 4 is 19.8 Å². The molecule has 0 aromatic heterocycles. The summed E-state index contributed by atoms with van der Waals surface area (Å²) in [5.41, 5.74) is 5.20. The summed E-state index contributed by atoms with van der Waals surface area (Å²) in [5.74, 6) is -1.76. The van der Waals surface area contributed by atoms with Gasteiger partial charge in [-0.2, -0.15) is 0 Å². The largest absolute Gasteiger partial charge is 0.480 e. The minimum Gasteiger partial charge on any atom is -0.480 e. The van der Waals surface area contributed by atoms with Crippen LogP contribution in [0.1, 0.15) is 104 Å². The molecule has 0 heterocycles. The quantitative estimate of drug-likeness (QED) is 0.0706. The monoisotopic (exact) mass is 507 g/mol. The molecule has 0 bridgehead atoms. The number of ether oxygens (including phenoxy) is 1. The van der Waals surface area contributed by atoms with Gasteiger partial charge < -0.3 is 20.5 Å². The number of aliphatic carboxylic acids is 1. The molecular formula is C24H46NO8P. The Labute approximate surface area is 205 Å². The van der Waals surface area contributed by atoms with Gasteiger partial charge in [-0.3, -0.25) is 18.6 Å². The lowest BCUT2D eigenvalue weighted by Crippen LogP contribution is -2.34. The lowest BCUT2D eigenvalue weighted by atomic mass is 10.1. The van der Waals surface area contributed by atoms with Gasteiger partial charge in [-0.1, -0.05) is 70.4 Å². The highest BCUT2D eigenvalue weighted by Gasteiger charge is 2.27. The molecule has 0 saturated carbocycles. The number of nitrogens with two attached hydrogens (primary N) is 1. The minimum absolute atomic E-state index is 0.206. The fourth-order valence-electron chi connectivity index (χ4n) is 3.16. The van der Waals surface area contributed by atoms with E-state index in [0.717, 1.165) is 38.5 Å². The van der Waals surface area contributed by atoms with Gasteiger partial charge in [0, 0.05) is 6.42 Å². The van der Waals surface area contributed by atoms with E-state index in [-0.39, 0.29) is 13.0 Å². The van der Waals surface area contributed by atoms with E-state index >= 15 is 0 Å². The maximum Gasteiger partial charge on any atom is 0.472 e. The smallest absolute Gasteiger partial charge is 0.472 e.